The fraction of sp³-hybridized carbons (Fsp3) is 0. The van der Waals surface area contributed by atoms with Crippen LogP contribution in [0, 0.1) is 5.82 Å². The van der Waals surface area contributed by atoms with Gasteiger partial charge in [0.25, 0.3) is 0 Å². The van der Waals surface area contributed by atoms with E-state index < -0.39 is 11.8 Å². The van der Waals surface area contributed by atoms with E-state index in [1.807, 2.05) is 0 Å². The Morgan fingerprint density at radius 2 is 1.71 bits per heavy atom. The normalized spacial score (nSPS) is 10.0. The van der Waals surface area contributed by atoms with Crippen molar-refractivity contribution in [3.8, 4) is 5.75 Å². The monoisotopic (exact) mass is 250 g/mol. The number of carbonyl (C=O) groups excluding carboxylic acids is 1. The molecule has 0 bridgehead atoms. The molecule has 0 aliphatic heterocycles. The Morgan fingerprint density at radius 1 is 1.06 bits per heavy atom. The molecule has 0 unspecified atom stereocenters. The minimum Gasteiger partial charge on any atom is -0.420 e. The molecule has 2 aromatic carbocycles. The van der Waals surface area contributed by atoms with Crippen molar-refractivity contribution in [3.63, 3.8) is 0 Å². The first kappa shape index (κ1) is 11.6. The van der Waals surface area contributed by atoms with E-state index in [1.165, 1.54) is 24.3 Å². The average Bonchev–Trinajstić information content (AvgIpc) is 2.32. The van der Waals surface area contributed by atoms with Crippen LogP contribution in [-0.2, 0) is 0 Å². The Balaban J connectivity index is 2.24. The molecule has 0 heterocycles. The van der Waals surface area contributed by atoms with Gasteiger partial charge in [-0.1, -0.05) is 35.9 Å². The summed E-state index contributed by atoms with van der Waals surface area (Å²) in [6.45, 7) is 0. The highest BCUT2D eigenvalue weighted by molar-refractivity contribution is 6.33. The van der Waals surface area contributed by atoms with Gasteiger partial charge in [0.1, 0.15) is 0 Å². The number of ether oxygens (including phenoxy) is 1. The van der Waals surface area contributed by atoms with Crippen molar-refractivity contribution in [1.82, 2.24) is 0 Å². The van der Waals surface area contributed by atoms with Gasteiger partial charge in [-0.2, -0.15) is 0 Å². The molecule has 0 aromatic heterocycles. The van der Waals surface area contributed by atoms with Gasteiger partial charge in [-0.05, 0) is 24.3 Å². The van der Waals surface area contributed by atoms with Crippen molar-refractivity contribution in [2.45, 2.75) is 0 Å². The highest BCUT2D eigenvalue weighted by Gasteiger charge is 2.13. The molecule has 0 N–H and O–H groups in total. The molecule has 0 fully saturated rings. The number of benzene rings is 2. The predicted octanol–water partition coefficient (Wildman–Crippen LogP) is 3.70. The maximum absolute atomic E-state index is 13.3. The lowest BCUT2D eigenvalue weighted by atomic mass is 10.2. The molecule has 4 heteroatoms. The van der Waals surface area contributed by atoms with Gasteiger partial charge in [0.05, 0.1) is 10.6 Å². The van der Waals surface area contributed by atoms with E-state index in [1.54, 1.807) is 24.3 Å². The summed E-state index contributed by atoms with van der Waals surface area (Å²) in [7, 11) is 0. The zero-order valence-corrected chi connectivity index (χ0v) is 9.45. The van der Waals surface area contributed by atoms with Crippen LogP contribution in [-0.4, -0.2) is 5.97 Å². The van der Waals surface area contributed by atoms with Crippen LogP contribution in [0.2, 0.25) is 5.02 Å². The smallest absolute Gasteiger partial charge is 0.345 e. The highest BCUT2D eigenvalue weighted by Crippen LogP contribution is 2.20. The number of para-hydroxylation sites is 1. The van der Waals surface area contributed by atoms with Gasteiger partial charge < -0.3 is 4.74 Å². The summed E-state index contributed by atoms with van der Waals surface area (Å²) in [6.07, 6.45) is 0. The second-order valence-electron chi connectivity index (χ2n) is 3.30. The van der Waals surface area contributed by atoms with Gasteiger partial charge in [-0.3, -0.25) is 0 Å². The number of hydrogen-bond acceptors (Lipinski definition) is 2. The predicted molar refractivity (Wildman–Crippen MR) is 62.8 cm³/mol. The molecule has 2 rings (SSSR count). The molecule has 0 radical (unpaired) electrons. The molecule has 0 amide bonds. The zero-order chi connectivity index (χ0) is 12.3. The summed E-state index contributed by atoms with van der Waals surface area (Å²) in [5.74, 6) is -1.38. The van der Waals surface area contributed by atoms with Crippen LogP contribution < -0.4 is 4.74 Å². The molecule has 2 nitrogen and oxygen atoms in total. The summed E-state index contributed by atoms with van der Waals surface area (Å²) in [5, 5.41) is 0.272. The summed E-state index contributed by atoms with van der Waals surface area (Å²) in [6, 6.07) is 12.1. The number of rotatable bonds is 2. The van der Waals surface area contributed by atoms with Crippen LogP contribution in [0.4, 0.5) is 4.39 Å². The number of halogens is 2. The lowest BCUT2D eigenvalue weighted by molar-refractivity contribution is 0.0728. The quantitative estimate of drug-likeness (QED) is 0.600. The van der Waals surface area contributed by atoms with Gasteiger partial charge >= 0.3 is 5.97 Å². The van der Waals surface area contributed by atoms with E-state index in [-0.39, 0.29) is 16.3 Å². The van der Waals surface area contributed by atoms with Crippen LogP contribution in [0.25, 0.3) is 0 Å². The maximum Gasteiger partial charge on any atom is 0.345 e. The second-order valence-corrected chi connectivity index (χ2v) is 3.71. The molecule has 17 heavy (non-hydrogen) atoms. The first-order valence-corrected chi connectivity index (χ1v) is 5.27. The van der Waals surface area contributed by atoms with Crippen LogP contribution in [0.5, 0.6) is 5.75 Å². The number of hydrogen-bond donors (Lipinski definition) is 0. The largest absolute Gasteiger partial charge is 0.420 e. The lowest BCUT2D eigenvalue weighted by Gasteiger charge is -2.06. The average molecular weight is 251 g/mol. The van der Waals surface area contributed by atoms with Crippen LogP contribution in [0.15, 0.2) is 48.5 Å². The van der Waals surface area contributed by atoms with Gasteiger partial charge in [-0.25, -0.2) is 9.18 Å². The van der Waals surface area contributed by atoms with E-state index >= 15 is 0 Å². The third-order valence-corrected chi connectivity index (χ3v) is 2.46. The molecule has 2 aromatic rings. The van der Waals surface area contributed by atoms with Crippen LogP contribution in [0.3, 0.4) is 0 Å². The van der Waals surface area contributed by atoms with Gasteiger partial charge in [0.15, 0.2) is 11.6 Å². The zero-order valence-electron chi connectivity index (χ0n) is 8.69. The van der Waals surface area contributed by atoms with Crippen LogP contribution >= 0.6 is 11.6 Å². The third-order valence-electron chi connectivity index (χ3n) is 2.13. The molecule has 0 atom stereocenters. The molecular formula is C13H8ClFO2. The van der Waals surface area contributed by atoms with E-state index in [0.717, 1.165) is 0 Å². The lowest BCUT2D eigenvalue weighted by Crippen LogP contribution is -2.09. The van der Waals surface area contributed by atoms with E-state index in [0.29, 0.717) is 0 Å². The Bertz CT molecular complexity index is 555. The van der Waals surface area contributed by atoms with Crippen LogP contribution in [0.1, 0.15) is 10.4 Å². The Kier molecular flexibility index (Phi) is 3.40. The number of carbonyl (C=O) groups is 1. The van der Waals surface area contributed by atoms with Crippen molar-refractivity contribution < 1.29 is 13.9 Å². The standard InChI is InChI=1S/C13H8ClFO2/c14-10-6-2-1-5-9(10)13(16)17-12-8-4-3-7-11(12)15/h1-8H. The Hall–Kier alpha value is -1.87. The molecular weight excluding hydrogens is 243 g/mol. The van der Waals surface area contributed by atoms with E-state index in [9.17, 15) is 9.18 Å². The van der Waals surface area contributed by atoms with Gasteiger partial charge in [0.2, 0.25) is 0 Å². The molecule has 0 saturated heterocycles. The van der Waals surface area contributed by atoms with Crippen molar-refractivity contribution in [2.75, 3.05) is 0 Å². The SMILES string of the molecule is O=C(Oc1ccccc1F)c1ccccc1Cl. The summed E-state index contributed by atoms with van der Waals surface area (Å²) in [4.78, 5) is 11.7. The minimum atomic E-state index is -0.680. The minimum absolute atomic E-state index is 0.114. The first-order valence-electron chi connectivity index (χ1n) is 4.90. The maximum atomic E-state index is 13.3. The summed E-state index contributed by atoms with van der Waals surface area (Å²) < 4.78 is 18.2. The van der Waals surface area contributed by atoms with Crippen molar-refractivity contribution in [1.29, 1.82) is 0 Å². The van der Waals surface area contributed by atoms with Crippen molar-refractivity contribution in [2.24, 2.45) is 0 Å². The topological polar surface area (TPSA) is 26.3 Å². The highest BCUT2D eigenvalue weighted by atomic mass is 35.5. The molecule has 0 saturated carbocycles. The molecule has 0 aliphatic carbocycles. The van der Waals surface area contributed by atoms with Crippen molar-refractivity contribution >= 4 is 17.6 Å². The van der Waals surface area contributed by atoms with E-state index in [4.69, 9.17) is 16.3 Å². The Labute approximate surface area is 103 Å². The van der Waals surface area contributed by atoms with Gasteiger partial charge in [0, 0.05) is 0 Å². The van der Waals surface area contributed by atoms with E-state index in [2.05, 4.69) is 0 Å². The first-order chi connectivity index (χ1) is 8.18. The number of esters is 1. The molecule has 86 valence electrons. The van der Waals surface area contributed by atoms with Crippen molar-refractivity contribution in [3.05, 3.63) is 64.9 Å². The Morgan fingerprint density at radius 3 is 2.41 bits per heavy atom. The third kappa shape index (κ3) is 2.63. The fourth-order valence-corrected chi connectivity index (χ4v) is 1.52. The second kappa shape index (κ2) is 4.97. The summed E-state index contributed by atoms with van der Waals surface area (Å²) >= 11 is 5.83. The summed E-state index contributed by atoms with van der Waals surface area (Å²) in [5.41, 5.74) is 0.206. The fourth-order valence-electron chi connectivity index (χ4n) is 1.31. The molecule has 0 aliphatic rings. The van der Waals surface area contributed by atoms with Gasteiger partial charge in [-0.15, -0.1) is 0 Å². The molecule has 0 spiro atoms.